The van der Waals surface area contributed by atoms with Crippen molar-refractivity contribution in [1.82, 2.24) is 9.88 Å². The lowest BCUT2D eigenvalue weighted by Crippen LogP contribution is -2.45. The van der Waals surface area contributed by atoms with Crippen LogP contribution in [0.15, 0.2) is 58.2 Å². The molecule has 0 bridgehead atoms. The molecule has 1 unspecified atom stereocenters. The number of amides is 2. The van der Waals surface area contributed by atoms with E-state index in [0.717, 1.165) is 5.52 Å². The molecule has 9 heteroatoms. The first-order valence-electron chi connectivity index (χ1n) is 8.94. The van der Waals surface area contributed by atoms with Crippen LogP contribution in [0.25, 0.3) is 11.1 Å². The molecule has 0 saturated carbocycles. The molecule has 150 valence electrons. The minimum Gasteiger partial charge on any atom is -0.497 e. The van der Waals surface area contributed by atoms with Crippen molar-refractivity contribution in [2.24, 2.45) is 0 Å². The van der Waals surface area contributed by atoms with Crippen molar-refractivity contribution in [1.29, 1.82) is 0 Å². The van der Waals surface area contributed by atoms with Crippen molar-refractivity contribution in [3.8, 4) is 5.75 Å². The first kappa shape index (κ1) is 19.7. The van der Waals surface area contributed by atoms with E-state index in [1.807, 2.05) is 24.3 Å². The van der Waals surface area contributed by atoms with Gasteiger partial charge < -0.3 is 19.4 Å². The highest BCUT2D eigenvalue weighted by Gasteiger charge is 2.34. The van der Waals surface area contributed by atoms with Crippen LogP contribution in [0.5, 0.6) is 5.75 Å². The molecule has 1 aliphatic rings. The van der Waals surface area contributed by atoms with Crippen LogP contribution in [0, 0.1) is 0 Å². The molecular formula is C20H19N3O4S2. The maximum Gasteiger partial charge on any atom is 0.257 e. The summed E-state index contributed by atoms with van der Waals surface area (Å²) in [6, 6.07) is 14.1. The fourth-order valence-corrected chi connectivity index (χ4v) is 4.83. The van der Waals surface area contributed by atoms with Gasteiger partial charge in [0.1, 0.15) is 17.3 Å². The van der Waals surface area contributed by atoms with Gasteiger partial charge in [-0.2, -0.15) is 0 Å². The normalized spacial score (nSPS) is 16.2. The van der Waals surface area contributed by atoms with Gasteiger partial charge in [-0.3, -0.25) is 9.59 Å². The van der Waals surface area contributed by atoms with Crippen molar-refractivity contribution < 1.29 is 18.7 Å². The Kier molecular flexibility index (Phi) is 5.96. The van der Waals surface area contributed by atoms with Crippen molar-refractivity contribution >= 4 is 52.1 Å². The highest BCUT2D eigenvalue weighted by Crippen LogP contribution is 2.27. The highest BCUT2D eigenvalue weighted by atomic mass is 32.2. The van der Waals surface area contributed by atoms with E-state index < -0.39 is 6.04 Å². The highest BCUT2D eigenvalue weighted by molar-refractivity contribution is 8.00. The lowest BCUT2D eigenvalue weighted by Gasteiger charge is -2.22. The summed E-state index contributed by atoms with van der Waals surface area (Å²) in [5.74, 6) is 1.64. The molecule has 1 fully saturated rings. The number of hydrogen-bond acceptors (Lipinski definition) is 7. The maximum absolute atomic E-state index is 12.7. The summed E-state index contributed by atoms with van der Waals surface area (Å²) >= 11 is 2.80. The van der Waals surface area contributed by atoms with Crippen molar-refractivity contribution in [3.63, 3.8) is 0 Å². The molecule has 0 radical (unpaired) electrons. The summed E-state index contributed by atoms with van der Waals surface area (Å²) in [7, 11) is 1.59. The number of anilines is 1. The van der Waals surface area contributed by atoms with Gasteiger partial charge in [0.25, 0.3) is 5.22 Å². The lowest BCUT2D eigenvalue weighted by molar-refractivity contribution is -0.134. The number of carbonyl (C=O) groups is 2. The minimum absolute atomic E-state index is 0.114. The van der Waals surface area contributed by atoms with Crippen LogP contribution in [0.4, 0.5) is 5.69 Å². The third-order valence-electron chi connectivity index (χ3n) is 4.46. The van der Waals surface area contributed by atoms with Crippen molar-refractivity contribution in [2.45, 2.75) is 11.3 Å². The number of oxazole rings is 1. The summed E-state index contributed by atoms with van der Waals surface area (Å²) < 4.78 is 10.8. The zero-order valence-electron chi connectivity index (χ0n) is 15.7. The van der Waals surface area contributed by atoms with Gasteiger partial charge in [-0.1, -0.05) is 23.9 Å². The number of rotatable bonds is 6. The van der Waals surface area contributed by atoms with Gasteiger partial charge in [0.15, 0.2) is 5.58 Å². The Bertz CT molecular complexity index is 989. The lowest BCUT2D eigenvalue weighted by atomic mass is 10.2. The van der Waals surface area contributed by atoms with Crippen LogP contribution < -0.4 is 10.1 Å². The van der Waals surface area contributed by atoms with Gasteiger partial charge in [-0.05, 0) is 36.4 Å². The predicted molar refractivity (Wildman–Crippen MR) is 114 cm³/mol. The number of fused-ring (bicyclic) bond motifs is 1. The van der Waals surface area contributed by atoms with Crippen LogP contribution in [0.2, 0.25) is 0 Å². The van der Waals surface area contributed by atoms with E-state index in [0.29, 0.717) is 33.9 Å². The van der Waals surface area contributed by atoms with Gasteiger partial charge in [0.2, 0.25) is 11.8 Å². The van der Waals surface area contributed by atoms with E-state index in [4.69, 9.17) is 9.15 Å². The molecular weight excluding hydrogens is 410 g/mol. The Balaban J connectivity index is 1.36. The number of para-hydroxylation sites is 2. The molecule has 0 spiro atoms. The second-order valence-corrected chi connectivity index (χ2v) is 8.26. The Hall–Kier alpha value is -2.65. The molecule has 2 aromatic carbocycles. The molecule has 1 aromatic heterocycles. The first-order chi connectivity index (χ1) is 14.1. The van der Waals surface area contributed by atoms with E-state index in [1.165, 1.54) is 11.8 Å². The quantitative estimate of drug-likeness (QED) is 0.601. The third-order valence-corrected chi connectivity index (χ3v) is 6.28. The molecule has 4 rings (SSSR count). The topological polar surface area (TPSA) is 84.7 Å². The zero-order chi connectivity index (χ0) is 20.2. The SMILES string of the molecule is COc1ccc(NC(=O)C2CSCN2C(=O)CSc2nc3ccccc3o2)cc1. The largest absolute Gasteiger partial charge is 0.497 e. The van der Waals surface area contributed by atoms with Gasteiger partial charge in [0, 0.05) is 11.4 Å². The Morgan fingerprint density at radius 3 is 2.83 bits per heavy atom. The average Bonchev–Trinajstić information content (AvgIpc) is 3.39. The maximum atomic E-state index is 12.7. The molecule has 3 aromatic rings. The number of hydrogen-bond donors (Lipinski definition) is 1. The monoisotopic (exact) mass is 429 g/mol. The molecule has 7 nitrogen and oxygen atoms in total. The summed E-state index contributed by atoms with van der Waals surface area (Å²) in [6.07, 6.45) is 0. The van der Waals surface area contributed by atoms with E-state index >= 15 is 0 Å². The zero-order valence-corrected chi connectivity index (χ0v) is 17.3. The van der Waals surface area contributed by atoms with Gasteiger partial charge in [-0.15, -0.1) is 11.8 Å². The molecule has 1 aliphatic heterocycles. The number of nitrogens with one attached hydrogen (secondary N) is 1. The molecule has 1 atom stereocenters. The van der Waals surface area contributed by atoms with E-state index in [-0.39, 0.29) is 17.6 Å². The number of carbonyl (C=O) groups excluding carboxylic acids is 2. The molecule has 2 heterocycles. The fourth-order valence-electron chi connectivity index (χ4n) is 2.92. The third kappa shape index (κ3) is 4.51. The Morgan fingerprint density at radius 2 is 2.07 bits per heavy atom. The van der Waals surface area contributed by atoms with Crippen molar-refractivity contribution in [2.75, 3.05) is 29.8 Å². The number of benzene rings is 2. The van der Waals surface area contributed by atoms with Gasteiger partial charge in [-0.25, -0.2) is 4.98 Å². The van der Waals surface area contributed by atoms with E-state index in [1.54, 1.807) is 48.0 Å². The van der Waals surface area contributed by atoms with E-state index in [2.05, 4.69) is 10.3 Å². The standard InChI is InChI=1S/C20H19N3O4S2/c1-26-14-8-6-13(7-9-14)21-19(25)16-10-28-12-23(16)18(24)11-29-20-22-15-4-2-3-5-17(15)27-20/h2-9,16H,10-12H2,1H3,(H,21,25). The Morgan fingerprint density at radius 1 is 1.28 bits per heavy atom. The fraction of sp³-hybridized carbons (Fsp3) is 0.250. The Labute approximate surface area is 176 Å². The first-order valence-corrected chi connectivity index (χ1v) is 11.1. The van der Waals surface area contributed by atoms with Crippen LogP contribution >= 0.6 is 23.5 Å². The molecule has 29 heavy (non-hydrogen) atoms. The minimum atomic E-state index is -0.501. The van der Waals surface area contributed by atoms with Gasteiger partial charge >= 0.3 is 0 Å². The van der Waals surface area contributed by atoms with Crippen molar-refractivity contribution in [3.05, 3.63) is 48.5 Å². The van der Waals surface area contributed by atoms with Crippen LogP contribution in [0.1, 0.15) is 0 Å². The number of methoxy groups -OCH3 is 1. The molecule has 1 saturated heterocycles. The van der Waals surface area contributed by atoms with Crippen LogP contribution in [-0.2, 0) is 9.59 Å². The summed E-state index contributed by atoms with van der Waals surface area (Å²) in [5.41, 5.74) is 2.12. The predicted octanol–water partition coefficient (Wildman–Crippen LogP) is 3.47. The second-order valence-electron chi connectivity index (χ2n) is 6.33. The molecule has 2 amide bonds. The summed E-state index contributed by atoms with van der Waals surface area (Å²) in [5, 5.41) is 3.32. The number of aromatic nitrogens is 1. The van der Waals surface area contributed by atoms with Crippen LogP contribution in [-0.4, -0.2) is 52.2 Å². The number of ether oxygens (including phenoxy) is 1. The summed E-state index contributed by atoms with van der Waals surface area (Å²) in [4.78, 5) is 31.4. The number of nitrogens with zero attached hydrogens (tertiary/aromatic N) is 2. The van der Waals surface area contributed by atoms with Gasteiger partial charge in [0.05, 0.1) is 18.7 Å². The van der Waals surface area contributed by atoms with E-state index in [9.17, 15) is 9.59 Å². The average molecular weight is 430 g/mol. The number of thioether (sulfide) groups is 2. The second kappa shape index (κ2) is 8.79. The molecule has 0 aliphatic carbocycles. The van der Waals surface area contributed by atoms with Crippen LogP contribution in [0.3, 0.4) is 0 Å². The molecule has 1 N–H and O–H groups in total. The summed E-state index contributed by atoms with van der Waals surface area (Å²) in [6.45, 7) is 0. The smallest absolute Gasteiger partial charge is 0.257 e.